The molecule has 0 saturated heterocycles. The zero-order valence-electron chi connectivity index (χ0n) is 15.0. The number of para-hydroxylation sites is 1. The normalized spacial score (nSPS) is 11.0. The molecule has 0 bridgehead atoms. The van der Waals surface area contributed by atoms with Crippen LogP contribution in [0.5, 0.6) is 0 Å². The van der Waals surface area contributed by atoms with Gasteiger partial charge in [0.15, 0.2) is 5.13 Å². The van der Waals surface area contributed by atoms with Crippen molar-refractivity contribution in [3.8, 4) is 0 Å². The molecule has 0 fully saturated rings. The van der Waals surface area contributed by atoms with E-state index in [1.807, 2.05) is 6.07 Å². The highest BCUT2D eigenvalue weighted by Gasteiger charge is 2.30. The maximum Gasteiger partial charge on any atom is 0.416 e. The Bertz CT molecular complexity index is 1040. The highest BCUT2D eigenvalue weighted by atomic mass is 32.1. The maximum atomic E-state index is 12.8. The fraction of sp³-hybridized carbons (Fsp3) is 0.105. The van der Waals surface area contributed by atoms with Crippen LogP contribution in [0.15, 0.2) is 54.6 Å². The number of urea groups is 1. The van der Waals surface area contributed by atoms with Gasteiger partial charge in [-0.05, 0) is 37.3 Å². The number of benzene rings is 2. The van der Waals surface area contributed by atoms with E-state index in [0.29, 0.717) is 11.4 Å². The van der Waals surface area contributed by atoms with E-state index in [2.05, 4.69) is 20.9 Å². The first-order chi connectivity index (χ1) is 13.7. The molecule has 3 amide bonds. The van der Waals surface area contributed by atoms with Crippen LogP contribution < -0.4 is 16.0 Å². The number of carbonyl (C=O) groups is 2. The number of carbonyl (C=O) groups excluding carboxylic acids is 2. The summed E-state index contributed by atoms with van der Waals surface area (Å²) < 4.78 is 38.4. The zero-order valence-corrected chi connectivity index (χ0v) is 15.8. The second kappa shape index (κ2) is 8.31. The van der Waals surface area contributed by atoms with Crippen LogP contribution in [0.2, 0.25) is 0 Å². The summed E-state index contributed by atoms with van der Waals surface area (Å²) in [6.07, 6.45) is -4.51. The summed E-state index contributed by atoms with van der Waals surface area (Å²) in [7, 11) is 0. The lowest BCUT2D eigenvalue weighted by molar-refractivity contribution is -0.137. The predicted molar refractivity (Wildman–Crippen MR) is 105 cm³/mol. The number of alkyl halides is 3. The molecule has 150 valence electrons. The molecule has 0 unspecified atom stereocenters. The highest BCUT2D eigenvalue weighted by Crippen LogP contribution is 2.31. The third-order valence-electron chi connectivity index (χ3n) is 3.70. The van der Waals surface area contributed by atoms with Gasteiger partial charge in [0, 0.05) is 11.4 Å². The van der Waals surface area contributed by atoms with E-state index in [0.717, 1.165) is 23.5 Å². The second-order valence-corrected chi connectivity index (χ2v) is 6.91. The molecule has 3 aromatic rings. The summed E-state index contributed by atoms with van der Waals surface area (Å²) in [6.45, 7) is 1.57. The first-order valence-corrected chi connectivity index (χ1v) is 9.13. The molecule has 0 aliphatic carbocycles. The second-order valence-electron chi connectivity index (χ2n) is 5.91. The minimum absolute atomic E-state index is 0.00829. The van der Waals surface area contributed by atoms with Gasteiger partial charge in [0.1, 0.15) is 4.88 Å². The number of halogens is 3. The minimum atomic E-state index is -4.51. The Hall–Kier alpha value is -3.40. The van der Waals surface area contributed by atoms with E-state index < -0.39 is 23.7 Å². The van der Waals surface area contributed by atoms with Crippen molar-refractivity contribution in [2.24, 2.45) is 0 Å². The molecule has 0 saturated carbocycles. The Kier molecular flexibility index (Phi) is 5.83. The molecule has 29 heavy (non-hydrogen) atoms. The van der Waals surface area contributed by atoms with Crippen LogP contribution in [0.1, 0.15) is 20.9 Å². The first-order valence-electron chi connectivity index (χ1n) is 8.31. The maximum absolute atomic E-state index is 12.8. The lowest BCUT2D eigenvalue weighted by atomic mass is 10.2. The van der Waals surface area contributed by atoms with Crippen molar-refractivity contribution in [2.45, 2.75) is 13.1 Å². The molecular formula is C19H15F3N4O2S. The van der Waals surface area contributed by atoms with Gasteiger partial charge in [-0.15, -0.1) is 0 Å². The van der Waals surface area contributed by atoms with Gasteiger partial charge in [0.25, 0.3) is 5.91 Å². The molecule has 6 nitrogen and oxygen atoms in total. The van der Waals surface area contributed by atoms with Crippen LogP contribution in [0.4, 0.5) is 34.5 Å². The average molecular weight is 420 g/mol. The number of anilines is 3. The van der Waals surface area contributed by atoms with Gasteiger partial charge in [-0.3, -0.25) is 10.1 Å². The Morgan fingerprint density at radius 3 is 2.31 bits per heavy atom. The molecule has 2 aromatic carbocycles. The molecule has 3 N–H and O–H groups in total. The summed E-state index contributed by atoms with van der Waals surface area (Å²) in [4.78, 5) is 28.8. The molecule has 3 rings (SSSR count). The third-order valence-corrected chi connectivity index (χ3v) is 4.77. The van der Waals surface area contributed by atoms with Crippen LogP contribution >= 0.6 is 11.3 Å². The van der Waals surface area contributed by atoms with Crippen molar-refractivity contribution in [1.82, 2.24) is 4.98 Å². The van der Waals surface area contributed by atoms with Gasteiger partial charge in [-0.25, -0.2) is 9.78 Å². The van der Waals surface area contributed by atoms with Crippen molar-refractivity contribution in [3.63, 3.8) is 0 Å². The van der Waals surface area contributed by atoms with E-state index in [-0.39, 0.29) is 15.7 Å². The Labute approximate surface area is 167 Å². The summed E-state index contributed by atoms with van der Waals surface area (Å²) >= 11 is 0.918. The number of amides is 3. The SMILES string of the molecule is Cc1nc(NC(=O)Nc2ccccc2)sc1C(=O)Nc1cccc(C(F)(F)F)c1. The molecule has 0 aliphatic rings. The molecule has 1 heterocycles. The third kappa shape index (κ3) is 5.32. The van der Waals surface area contributed by atoms with Gasteiger partial charge < -0.3 is 10.6 Å². The first kappa shape index (κ1) is 20.3. The minimum Gasteiger partial charge on any atom is -0.321 e. The molecule has 0 atom stereocenters. The quantitative estimate of drug-likeness (QED) is 0.531. The fourth-order valence-corrected chi connectivity index (χ4v) is 3.26. The topological polar surface area (TPSA) is 83.1 Å². The summed E-state index contributed by atoms with van der Waals surface area (Å²) in [5, 5.41) is 7.75. The summed E-state index contributed by atoms with van der Waals surface area (Å²) in [6, 6.07) is 12.5. The number of hydrogen-bond acceptors (Lipinski definition) is 4. The van der Waals surface area contributed by atoms with E-state index >= 15 is 0 Å². The van der Waals surface area contributed by atoms with Crippen molar-refractivity contribution in [2.75, 3.05) is 16.0 Å². The average Bonchev–Trinajstić information content (AvgIpc) is 3.02. The van der Waals surface area contributed by atoms with Crippen LogP contribution in [0.25, 0.3) is 0 Å². The van der Waals surface area contributed by atoms with Gasteiger partial charge in [0.2, 0.25) is 0 Å². The summed E-state index contributed by atoms with van der Waals surface area (Å²) in [5.74, 6) is -0.615. The van der Waals surface area contributed by atoms with E-state index in [1.54, 1.807) is 31.2 Å². The van der Waals surface area contributed by atoms with E-state index in [1.165, 1.54) is 12.1 Å². The number of aromatic nitrogens is 1. The van der Waals surface area contributed by atoms with E-state index in [9.17, 15) is 22.8 Å². The fourth-order valence-electron chi connectivity index (χ4n) is 2.40. The smallest absolute Gasteiger partial charge is 0.321 e. The van der Waals surface area contributed by atoms with E-state index in [4.69, 9.17) is 0 Å². The highest BCUT2D eigenvalue weighted by molar-refractivity contribution is 7.17. The number of hydrogen-bond donors (Lipinski definition) is 3. The number of aryl methyl sites for hydroxylation is 1. The number of thiazole rings is 1. The molecule has 0 spiro atoms. The molecule has 10 heteroatoms. The monoisotopic (exact) mass is 420 g/mol. The van der Waals surface area contributed by atoms with Crippen molar-refractivity contribution >= 4 is 39.8 Å². The van der Waals surface area contributed by atoms with Gasteiger partial charge in [-0.1, -0.05) is 35.6 Å². The number of nitrogens with zero attached hydrogens (tertiary/aromatic N) is 1. The molecular weight excluding hydrogens is 405 g/mol. The lowest BCUT2D eigenvalue weighted by Crippen LogP contribution is -2.19. The lowest BCUT2D eigenvalue weighted by Gasteiger charge is -2.09. The van der Waals surface area contributed by atoms with Crippen LogP contribution in [0.3, 0.4) is 0 Å². The number of nitrogens with one attached hydrogen (secondary N) is 3. The molecule has 1 aromatic heterocycles. The zero-order chi connectivity index (χ0) is 21.0. The standard InChI is InChI=1S/C19H15F3N4O2S/c1-11-15(16(27)24-14-9-5-6-12(10-14)19(20,21)22)29-18(23-11)26-17(28)25-13-7-3-2-4-8-13/h2-10H,1H3,(H,24,27)(H2,23,25,26,28). The van der Waals surface area contributed by atoms with Crippen LogP contribution in [-0.4, -0.2) is 16.9 Å². The van der Waals surface area contributed by atoms with Gasteiger partial charge >= 0.3 is 12.2 Å². The van der Waals surface area contributed by atoms with Crippen molar-refractivity contribution in [3.05, 3.63) is 70.7 Å². The number of rotatable bonds is 4. The van der Waals surface area contributed by atoms with Crippen molar-refractivity contribution in [1.29, 1.82) is 0 Å². The molecule has 0 radical (unpaired) electrons. The molecule has 0 aliphatic heterocycles. The van der Waals surface area contributed by atoms with Gasteiger partial charge in [-0.2, -0.15) is 13.2 Å². The largest absolute Gasteiger partial charge is 0.416 e. The Morgan fingerprint density at radius 2 is 1.62 bits per heavy atom. The predicted octanol–water partition coefficient (Wildman–Crippen LogP) is 5.37. The van der Waals surface area contributed by atoms with Crippen molar-refractivity contribution < 1.29 is 22.8 Å². The summed E-state index contributed by atoms with van der Waals surface area (Å²) in [5.41, 5.74) is 0.0699. The van der Waals surface area contributed by atoms with Crippen LogP contribution in [0, 0.1) is 6.92 Å². The van der Waals surface area contributed by atoms with Crippen LogP contribution in [-0.2, 0) is 6.18 Å². The Morgan fingerprint density at radius 1 is 0.931 bits per heavy atom. The Balaban J connectivity index is 1.68. The van der Waals surface area contributed by atoms with Gasteiger partial charge in [0.05, 0.1) is 11.3 Å².